The molecule has 0 fully saturated rings. The zero-order valence-corrected chi connectivity index (χ0v) is 13.3. The molecule has 0 saturated carbocycles. The molecule has 0 bridgehead atoms. The van der Waals surface area contributed by atoms with E-state index < -0.39 is 11.4 Å². The average Bonchev–Trinajstić information content (AvgIpc) is 3.01. The van der Waals surface area contributed by atoms with Gasteiger partial charge in [-0.15, -0.1) is 11.3 Å². The van der Waals surface area contributed by atoms with Gasteiger partial charge in [-0.3, -0.25) is 4.98 Å². The summed E-state index contributed by atoms with van der Waals surface area (Å²) in [5.74, 6) is -0.442. The van der Waals surface area contributed by atoms with Crippen LogP contribution in [0.15, 0.2) is 48.9 Å². The van der Waals surface area contributed by atoms with Gasteiger partial charge in [0.2, 0.25) is 0 Å². The Bertz CT molecular complexity index is 802. The molecule has 6 heteroatoms. The number of thiazole rings is 1. The number of hydrogen-bond acceptors (Lipinski definition) is 4. The number of nitrogens with two attached hydrogens (primary N) is 1. The fourth-order valence-electron chi connectivity index (χ4n) is 2.12. The first-order chi connectivity index (χ1) is 10.5. The molecule has 0 aliphatic heterocycles. The van der Waals surface area contributed by atoms with Crippen molar-refractivity contribution in [2.24, 2.45) is 5.73 Å². The Morgan fingerprint density at radius 2 is 1.95 bits per heavy atom. The highest BCUT2D eigenvalue weighted by Crippen LogP contribution is 2.35. The van der Waals surface area contributed by atoms with Crippen LogP contribution < -0.4 is 5.73 Å². The number of halogens is 2. The Morgan fingerprint density at radius 1 is 1.23 bits per heavy atom. The van der Waals surface area contributed by atoms with Gasteiger partial charge in [-0.25, -0.2) is 9.37 Å². The Balaban J connectivity index is 1.98. The normalized spacial score (nSPS) is 13.8. The minimum Gasteiger partial charge on any atom is -0.317 e. The molecule has 0 amide bonds. The zero-order chi connectivity index (χ0) is 15.7. The molecule has 112 valence electrons. The first kappa shape index (κ1) is 15.1. The lowest BCUT2D eigenvalue weighted by atomic mass is 9.93. The highest BCUT2D eigenvalue weighted by molar-refractivity contribution is 7.15. The molecule has 3 rings (SSSR count). The number of aromatic nitrogens is 2. The second kappa shape index (κ2) is 5.76. The molecule has 0 aliphatic carbocycles. The molecule has 1 unspecified atom stereocenters. The summed E-state index contributed by atoms with van der Waals surface area (Å²) in [6, 6.07) is 8.33. The van der Waals surface area contributed by atoms with E-state index in [4.69, 9.17) is 17.3 Å². The van der Waals surface area contributed by atoms with Gasteiger partial charge in [0.15, 0.2) is 0 Å². The lowest BCUT2D eigenvalue weighted by Crippen LogP contribution is -2.33. The molecule has 3 aromatic rings. The fraction of sp³-hybridized carbons (Fsp3) is 0.125. The molecule has 0 radical (unpaired) electrons. The van der Waals surface area contributed by atoms with Crippen molar-refractivity contribution in [3.8, 4) is 10.6 Å². The van der Waals surface area contributed by atoms with Gasteiger partial charge < -0.3 is 5.73 Å². The van der Waals surface area contributed by atoms with Gasteiger partial charge >= 0.3 is 0 Å². The highest BCUT2D eigenvalue weighted by Gasteiger charge is 2.26. The first-order valence-corrected chi connectivity index (χ1v) is 7.79. The van der Waals surface area contributed by atoms with Crippen molar-refractivity contribution in [2.45, 2.75) is 12.5 Å². The van der Waals surface area contributed by atoms with Crippen molar-refractivity contribution in [1.82, 2.24) is 9.97 Å². The fourth-order valence-corrected chi connectivity index (χ4v) is 3.29. The van der Waals surface area contributed by atoms with Gasteiger partial charge in [0.1, 0.15) is 10.8 Å². The molecule has 0 aliphatic rings. The van der Waals surface area contributed by atoms with E-state index in [9.17, 15) is 4.39 Å². The summed E-state index contributed by atoms with van der Waals surface area (Å²) < 4.78 is 13.3. The zero-order valence-electron chi connectivity index (χ0n) is 11.8. The third-order valence-electron chi connectivity index (χ3n) is 3.46. The number of pyridine rings is 1. The summed E-state index contributed by atoms with van der Waals surface area (Å²) in [5, 5.41) is 0.835. The highest BCUT2D eigenvalue weighted by atomic mass is 35.5. The predicted octanol–water partition coefficient (Wildman–Crippen LogP) is 4.22. The van der Waals surface area contributed by atoms with Gasteiger partial charge in [-0.2, -0.15) is 0 Å². The minimum absolute atomic E-state index is 0.0823. The average molecular weight is 334 g/mol. The quantitative estimate of drug-likeness (QED) is 0.780. The van der Waals surface area contributed by atoms with Gasteiger partial charge in [0, 0.05) is 29.0 Å². The Kier molecular flexibility index (Phi) is 3.95. The van der Waals surface area contributed by atoms with Crippen LogP contribution in [0.1, 0.15) is 17.4 Å². The monoisotopic (exact) mass is 333 g/mol. The lowest BCUT2D eigenvalue weighted by Gasteiger charge is -2.23. The standard InChI is InChI=1S/C16H13ClFN3S/c1-16(19,11-4-6-20-7-5-11)14-9-21-15(22-14)10-2-3-13(18)12(17)8-10/h2-9H,19H2,1H3. The van der Waals surface area contributed by atoms with E-state index in [1.807, 2.05) is 19.1 Å². The summed E-state index contributed by atoms with van der Waals surface area (Å²) in [7, 11) is 0. The second-order valence-corrected chi connectivity index (χ2v) is 6.53. The Morgan fingerprint density at radius 3 is 2.64 bits per heavy atom. The van der Waals surface area contributed by atoms with Crippen LogP contribution in [0.25, 0.3) is 10.6 Å². The molecular weight excluding hydrogens is 321 g/mol. The van der Waals surface area contributed by atoms with E-state index >= 15 is 0 Å². The first-order valence-electron chi connectivity index (χ1n) is 6.59. The number of hydrogen-bond donors (Lipinski definition) is 1. The van der Waals surface area contributed by atoms with Gasteiger partial charge in [-0.1, -0.05) is 11.6 Å². The van der Waals surface area contributed by atoms with E-state index in [0.717, 1.165) is 21.0 Å². The molecule has 0 saturated heterocycles. The maximum absolute atomic E-state index is 13.3. The SMILES string of the molecule is CC(N)(c1ccncc1)c1cnc(-c2ccc(F)c(Cl)c2)s1. The summed E-state index contributed by atoms with van der Waals surface area (Å²) in [6.07, 6.45) is 5.17. The Labute approximate surface area is 136 Å². The molecule has 0 spiro atoms. The van der Waals surface area contributed by atoms with E-state index in [1.54, 1.807) is 30.7 Å². The van der Waals surface area contributed by atoms with E-state index in [2.05, 4.69) is 9.97 Å². The van der Waals surface area contributed by atoms with Crippen LogP contribution in [-0.4, -0.2) is 9.97 Å². The van der Waals surface area contributed by atoms with Crippen molar-refractivity contribution in [2.75, 3.05) is 0 Å². The number of rotatable bonds is 3. The van der Waals surface area contributed by atoms with Gasteiger partial charge in [0.25, 0.3) is 0 Å². The molecule has 2 aromatic heterocycles. The maximum atomic E-state index is 13.3. The molecular formula is C16H13ClFN3S. The van der Waals surface area contributed by atoms with Crippen LogP contribution in [0, 0.1) is 5.82 Å². The topological polar surface area (TPSA) is 51.8 Å². The molecule has 1 atom stereocenters. The van der Waals surface area contributed by atoms with E-state index in [0.29, 0.717) is 0 Å². The molecule has 22 heavy (non-hydrogen) atoms. The smallest absolute Gasteiger partial charge is 0.141 e. The third-order valence-corrected chi connectivity index (χ3v) is 5.04. The van der Waals surface area contributed by atoms with Crippen LogP contribution in [-0.2, 0) is 5.54 Å². The molecule has 3 nitrogen and oxygen atoms in total. The maximum Gasteiger partial charge on any atom is 0.141 e. The van der Waals surface area contributed by atoms with Crippen molar-refractivity contribution in [3.63, 3.8) is 0 Å². The minimum atomic E-state index is -0.664. The van der Waals surface area contributed by atoms with E-state index in [1.165, 1.54) is 17.4 Å². The van der Waals surface area contributed by atoms with Crippen LogP contribution in [0.3, 0.4) is 0 Å². The van der Waals surface area contributed by atoms with Crippen molar-refractivity contribution >= 4 is 22.9 Å². The molecule has 1 aromatic carbocycles. The van der Waals surface area contributed by atoms with Crippen LogP contribution in [0.4, 0.5) is 4.39 Å². The number of benzene rings is 1. The molecule has 2 N–H and O–H groups in total. The van der Waals surface area contributed by atoms with Crippen LogP contribution >= 0.6 is 22.9 Å². The van der Waals surface area contributed by atoms with E-state index in [-0.39, 0.29) is 5.02 Å². The largest absolute Gasteiger partial charge is 0.317 e. The van der Waals surface area contributed by atoms with Gasteiger partial charge in [0.05, 0.1) is 10.6 Å². The number of nitrogens with zero attached hydrogens (tertiary/aromatic N) is 2. The predicted molar refractivity (Wildman–Crippen MR) is 87.4 cm³/mol. The Hall–Kier alpha value is -1.82. The summed E-state index contributed by atoms with van der Waals surface area (Å²) in [5.41, 5.74) is 7.52. The second-order valence-electron chi connectivity index (χ2n) is 5.10. The lowest BCUT2D eigenvalue weighted by molar-refractivity contribution is 0.614. The van der Waals surface area contributed by atoms with Crippen LogP contribution in [0.2, 0.25) is 5.02 Å². The summed E-state index contributed by atoms with van der Waals surface area (Å²) >= 11 is 7.29. The van der Waals surface area contributed by atoms with Gasteiger partial charge in [-0.05, 0) is 42.8 Å². The molecule has 2 heterocycles. The van der Waals surface area contributed by atoms with Crippen molar-refractivity contribution in [1.29, 1.82) is 0 Å². The van der Waals surface area contributed by atoms with Crippen LogP contribution in [0.5, 0.6) is 0 Å². The summed E-state index contributed by atoms with van der Waals surface area (Å²) in [6.45, 7) is 1.93. The van der Waals surface area contributed by atoms with Crippen molar-refractivity contribution in [3.05, 3.63) is 70.2 Å². The third kappa shape index (κ3) is 2.75. The van der Waals surface area contributed by atoms with Crippen molar-refractivity contribution < 1.29 is 4.39 Å². The summed E-state index contributed by atoms with van der Waals surface area (Å²) in [4.78, 5) is 9.31.